The summed E-state index contributed by atoms with van der Waals surface area (Å²) < 4.78 is 5.76. The fourth-order valence-corrected chi connectivity index (χ4v) is 3.53. The maximum absolute atomic E-state index is 12.6. The first kappa shape index (κ1) is 18.4. The molecule has 0 spiro atoms. The first-order valence-electron chi connectivity index (χ1n) is 8.28. The molecule has 3 aromatic rings. The van der Waals surface area contributed by atoms with E-state index in [-0.39, 0.29) is 5.91 Å². The van der Waals surface area contributed by atoms with Crippen LogP contribution >= 0.6 is 22.9 Å². The van der Waals surface area contributed by atoms with Gasteiger partial charge in [-0.15, -0.1) is 17.9 Å². The van der Waals surface area contributed by atoms with Gasteiger partial charge in [0.15, 0.2) is 11.7 Å². The van der Waals surface area contributed by atoms with Crippen LogP contribution in [0.2, 0.25) is 5.02 Å². The number of aryl methyl sites for hydroxylation is 1. The van der Waals surface area contributed by atoms with Crippen molar-refractivity contribution in [2.75, 3.05) is 6.54 Å². The van der Waals surface area contributed by atoms with E-state index in [0.717, 1.165) is 10.4 Å². The Morgan fingerprint density at radius 2 is 2.15 bits per heavy atom. The van der Waals surface area contributed by atoms with E-state index in [2.05, 4.69) is 11.6 Å². The second-order valence-electron chi connectivity index (χ2n) is 5.74. The molecule has 26 heavy (non-hydrogen) atoms. The van der Waals surface area contributed by atoms with Gasteiger partial charge in [0.1, 0.15) is 0 Å². The predicted octanol–water partition coefficient (Wildman–Crippen LogP) is 5.20. The number of aromatic nitrogens is 1. The van der Waals surface area contributed by atoms with E-state index < -0.39 is 0 Å². The quantitative estimate of drug-likeness (QED) is 0.499. The lowest BCUT2D eigenvalue weighted by molar-refractivity contribution is -0.131. The molecule has 0 N–H and O–H groups in total. The van der Waals surface area contributed by atoms with Gasteiger partial charge in [-0.25, -0.2) is 4.98 Å². The third kappa shape index (κ3) is 4.62. The van der Waals surface area contributed by atoms with Crippen LogP contribution in [0.3, 0.4) is 0 Å². The Morgan fingerprint density at radius 1 is 1.31 bits per heavy atom. The van der Waals surface area contributed by atoms with Gasteiger partial charge in [0, 0.05) is 29.8 Å². The second kappa shape index (κ2) is 8.83. The van der Waals surface area contributed by atoms with Crippen molar-refractivity contribution in [3.05, 3.63) is 76.4 Å². The topological polar surface area (TPSA) is 46.3 Å². The molecular formula is C20H19ClN2O2S. The van der Waals surface area contributed by atoms with Gasteiger partial charge in [0.25, 0.3) is 0 Å². The normalized spacial score (nSPS) is 10.7. The number of oxazole rings is 1. The summed E-state index contributed by atoms with van der Waals surface area (Å²) in [5.41, 5.74) is 0.797. The van der Waals surface area contributed by atoms with E-state index in [0.29, 0.717) is 42.6 Å². The standard InChI is InChI=1S/C20H19ClN2O2S/c1-2-11-23(14-15-6-5-12-26-15)20(24)10-9-19-22-13-18(25-19)16-7-3-4-8-17(16)21/h2-8,12-13H,1,9-11,14H2. The van der Waals surface area contributed by atoms with Crippen LogP contribution in [0.25, 0.3) is 11.3 Å². The number of hydrogen-bond acceptors (Lipinski definition) is 4. The molecule has 0 atom stereocenters. The molecule has 1 aromatic carbocycles. The van der Waals surface area contributed by atoms with E-state index in [1.165, 1.54) is 0 Å². The molecule has 0 saturated carbocycles. The zero-order valence-electron chi connectivity index (χ0n) is 14.2. The summed E-state index contributed by atoms with van der Waals surface area (Å²) in [4.78, 5) is 19.8. The Morgan fingerprint density at radius 3 is 2.88 bits per heavy atom. The maximum atomic E-state index is 12.6. The molecule has 2 aromatic heterocycles. The van der Waals surface area contributed by atoms with Crippen molar-refractivity contribution < 1.29 is 9.21 Å². The molecule has 2 heterocycles. The van der Waals surface area contributed by atoms with Crippen molar-refractivity contribution in [2.24, 2.45) is 0 Å². The van der Waals surface area contributed by atoms with Gasteiger partial charge in [-0.1, -0.05) is 35.9 Å². The summed E-state index contributed by atoms with van der Waals surface area (Å²) in [5.74, 6) is 1.19. The summed E-state index contributed by atoms with van der Waals surface area (Å²) in [5, 5.41) is 2.62. The molecule has 6 heteroatoms. The number of halogens is 1. The third-order valence-corrected chi connectivity index (χ3v) is 5.07. The molecule has 4 nitrogen and oxygen atoms in total. The molecule has 0 bridgehead atoms. The summed E-state index contributed by atoms with van der Waals surface area (Å²) in [6.07, 6.45) is 4.17. The van der Waals surface area contributed by atoms with Gasteiger partial charge in [0.05, 0.1) is 17.8 Å². The monoisotopic (exact) mass is 386 g/mol. The molecule has 0 aliphatic carbocycles. The number of carbonyl (C=O) groups is 1. The largest absolute Gasteiger partial charge is 0.441 e. The lowest BCUT2D eigenvalue weighted by atomic mass is 10.2. The molecule has 0 saturated heterocycles. The van der Waals surface area contributed by atoms with Gasteiger partial charge in [-0.2, -0.15) is 0 Å². The predicted molar refractivity (Wildman–Crippen MR) is 105 cm³/mol. The molecule has 0 aliphatic heterocycles. The van der Waals surface area contributed by atoms with E-state index in [1.54, 1.807) is 34.6 Å². The molecule has 0 fully saturated rings. The fourth-order valence-electron chi connectivity index (χ4n) is 2.58. The van der Waals surface area contributed by atoms with Crippen LogP contribution < -0.4 is 0 Å². The molecule has 0 radical (unpaired) electrons. The molecule has 1 amide bonds. The van der Waals surface area contributed by atoms with E-state index in [9.17, 15) is 4.79 Å². The Hall–Kier alpha value is -2.37. The Bertz CT molecular complexity index is 874. The minimum absolute atomic E-state index is 0.0517. The molecule has 0 unspecified atom stereocenters. The van der Waals surface area contributed by atoms with Crippen LogP contribution in [0.5, 0.6) is 0 Å². The maximum Gasteiger partial charge on any atom is 0.223 e. The van der Waals surface area contributed by atoms with E-state index in [4.69, 9.17) is 16.0 Å². The first-order chi connectivity index (χ1) is 12.7. The zero-order valence-corrected chi connectivity index (χ0v) is 15.8. The fraction of sp³-hybridized carbons (Fsp3) is 0.200. The van der Waals surface area contributed by atoms with Gasteiger partial charge in [0.2, 0.25) is 5.91 Å². The van der Waals surface area contributed by atoms with Gasteiger partial charge >= 0.3 is 0 Å². The Kier molecular flexibility index (Phi) is 6.26. The highest BCUT2D eigenvalue weighted by molar-refractivity contribution is 7.09. The number of rotatable bonds is 8. The van der Waals surface area contributed by atoms with Crippen molar-refractivity contribution in [3.63, 3.8) is 0 Å². The minimum Gasteiger partial charge on any atom is -0.441 e. The number of thiophene rings is 1. The second-order valence-corrected chi connectivity index (χ2v) is 7.18. The van der Waals surface area contributed by atoms with E-state index in [1.807, 2.05) is 35.7 Å². The Labute approximate surface area is 161 Å². The molecule has 0 aliphatic rings. The highest BCUT2D eigenvalue weighted by Crippen LogP contribution is 2.28. The minimum atomic E-state index is 0.0517. The van der Waals surface area contributed by atoms with Gasteiger partial charge in [-0.05, 0) is 23.6 Å². The zero-order chi connectivity index (χ0) is 18.4. The average Bonchev–Trinajstić information content (AvgIpc) is 3.31. The van der Waals surface area contributed by atoms with Crippen molar-refractivity contribution in [1.82, 2.24) is 9.88 Å². The van der Waals surface area contributed by atoms with Crippen LogP contribution in [0, 0.1) is 0 Å². The van der Waals surface area contributed by atoms with Crippen molar-refractivity contribution in [3.8, 4) is 11.3 Å². The number of nitrogens with zero attached hydrogens (tertiary/aromatic N) is 2. The molecule has 134 valence electrons. The first-order valence-corrected chi connectivity index (χ1v) is 9.54. The molecular weight excluding hydrogens is 368 g/mol. The smallest absolute Gasteiger partial charge is 0.223 e. The third-order valence-electron chi connectivity index (χ3n) is 3.87. The number of hydrogen-bond donors (Lipinski definition) is 0. The van der Waals surface area contributed by atoms with Crippen LogP contribution in [0.1, 0.15) is 17.2 Å². The number of amides is 1. The average molecular weight is 387 g/mol. The van der Waals surface area contributed by atoms with Crippen LogP contribution in [-0.4, -0.2) is 22.3 Å². The summed E-state index contributed by atoms with van der Waals surface area (Å²) in [6.45, 7) is 4.86. The molecule has 3 rings (SSSR count). The van der Waals surface area contributed by atoms with Crippen LogP contribution in [0.15, 0.2) is 65.0 Å². The number of carbonyl (C=O) groups excluding carboxylic acids is 1. The van der Waals surface area contributed by atoms with Crippen LogP contribution in [-0.2, 0) is 17.8 Å². The van der Waals surface area contributed by atoms with Crippen molar-refractivity contribution in [2.45, 2.75) is 19.4 Å². The van der Waals surface area contributed by atoms with Crippen molar-refractivity contribution >= 4 is 28.8 Å². The van der Waals surface area contributed by atoms with Crippen LogP contribution in [0.4, 0.5) is 0 Å². The summed E-state index contributed by atoms with van der Waals surface area (Å²) >= 11 is 7.82. The number of benzene rings is 1. The van der Waals surface area contributed by atoms with Gasteiger partial charge in [-0.3, -0.25) is 4.79 Å². The highest BCUT2D eigenvalue weighted by atomic mass is 35.5. The highest BCUT2D eigenvalue weighted by Gasteiger charge is 2.15. The Balaban J connectivity index is 1.61. The summed E-state index contributed by atoms with van der Waals surface area (Å²) in [7, 11) is 0. The summed E-state index contributed by atoms with van der Waals surface area (Å²) in [6, 6.07) is 11.5. The van der Waals surface area contributed by atoms with E-state index >= 15 is 0 Å². The lowest BCUT2D eigenvalue weighted by Gasteiger charge is -2.20. The lowest BCUT2D eigenvalue weighted by Crippen LogP contribution is -2.30. The van der Waals surface area contributed by atoms with Gasteiger partial charge < -0.3 is 9.32 Å². The SMILES string of the molecule is C=CCN(Cc1cccs1)C(=O)CCc1ncc(-c2ccccc2Cl)o1. The van der Waals surface area contributed by atoms with Crippen molar-refractivity contribution in [1.29, 1.82) is 0 Å².